The fourth-order valence-corrected chi connectivity index (χ4v) is 3.52. The largest absolute Gasteiger partial charge is 0.381 e. The lowest BCUT2D eigenvalue weighted by Gasteiger charge is -2.09. The third-order valence-corrected chi connectivity index (χ3v) is 4.81. The molecule has 19 heavy (non-hydrogen) atoms. The van der Waals surface area contributed by atoms with E-state index in [1.807, 2.05) is 0 Å². The average molecular weight is 350 g/mol. The van der Waals surface area contributed by atoms with Gasteiger partial charge in [-0.05, 0) is 40.4 Å². The first-order chi connectivity index (χ1) is 8.93. The Morgan fingerprint density at radius 3 is 2.63 bits per heavy atom. The van der Waals surface area contributed by atoms with Crippen LogP contribution in [0.15, 0.2) is 33.6 Å². The molecule has 0 saturated carbocycles. The molecule has 0 bridgehead atoms. The van der Waals surface area contributed by atoms with Crippen LogP contribution in [0.25, 0.3) is 0 Å². The van der Waals surface area contributed by atoms with Crippen molar-refractivity contribution in [2.75, 3.05) is 19.8 Å². The van der Waals surface area contributed by atoms with Crippen LogP contribution < -0.4 is 4.72 Å². The highest BCUT2D eigenvalue weighted by Gasteiger charge is 2.15. The molecule has 0 spiro atoms. The van der Waals surface area contributed by atoms with E-state index in [0.29, 0.717) is 36.6 Å². The van der Waals surface area contributed by atoms with Crippen molar-refractivity contribution in [2.24, 2.45) is 5.92 Å². The first kappa shape index (κ1) is 16.6. The highest BCUT2D eigenvalue weighted by Crippen LogP contribution is 2.20. The van der Waals surface area contributed by atoms with Crippen LogP contribution in [0.2, 0.25) is 0 Å². The van der Waals surface area contributed by atoms with Crippen molar-refractivity contribution in [3.8, 4) is 0 Å². The van der Waals surface area contributed by atoms with E-state index < -0.39 is 10.0 Å². The summed E-state index contributed by atoms with van der Waals surface area (Å²) in [6.45, 7) is 5.81. The summed E-state index contributed by atoms with van der Waals surface area (Å²) >= 11 is 3.24. The van der Waals surface area contributed by atoms with E-state index in [-0.39, 0.29) is 4.90 Å². The van der Waals surface area contributed by atoms with Gasteiger partial charge in [0.15, 0.2) is 0 Å². The molecule has 0 aromatic heterocycles. The molecule has 6 heteroatoms. The molecule has 0 unspecified atom stereocenters. The molecule has 0 aliphatic heterocycles. The standard InChI is InChI=1S/C13H20BrNO3S/c1-11(2)10-18-9-5-8-15-19(16,17)13-7-4-3-6-12(13)14/h3-4,6-7,11,15H,5,8-10H2,1-2H3. The zero-order valence-corrected chi connectivity index (χ0v) is 13.6. The minimum absolute atomic E-state index is 0.262. The summed E-state index contributed by atoms with van der Waals surface area (Å²) < 4.78 is 32.6. The number of nitrogens with one attached hydrogen (secondary N) is 1. The van der Waals surface area contributed by atoms with Crippen molar-refractivity contribution >= 4 is 26.0 Å². The van der Waals surface area contributed by atoms with Crippen molar-refractivity contribution in [3.05, 3.63) is 28.7 Å². The quantitative estimate of drug-likeness (QED) is 0.734. The Morgan fingerprint density at radius 1 is 1.32 bits per heavy atom. The summed E-state index contributed by atoms with van der Waals surface area (Å²) in [5.74, 6) is 0.497. The van der Waals surface area contributed by atoms with Gasteiger partial charge in [0.1, 0.15) is 0 Å². The molecule has 0 atom stereocenters. The van der Waals surface area contributed by atoms with Crippen molar-refractivity contribution in [1.82, 2.24) is 4.72 Å². The molecule has 0 aliphatic carbocycles. The van der Waals surface area contributed by atoms with E-state index in [0.717, 1.165) is 0 Å². The monoisotopic (exact) mass is 349 g/mol. The Bertz CT molecular complexity index is 488. The summed E-state index contributed by atoms with van der Waals surface area (Å²) in [7, 11) is -3.45. The van der Waals surface area contributed by atoms with Gasteiger partial charge in [0.25, 0.3) is 0 Å². The van der Waals surface area contributed by atoms with Crippen LogP contribution in [0.3, 0.4) is 0 Å². The minimum atomic E-state index is -3.45. The molecule has 0 radical (unpaired) electrons. The fraction of sp³-hybridized carbons (Fsp3) is 0.538. The summed E-state index contributed by atoms with van der Waals surface area (Å²) in [5, 5.41) is 0. The van der Waals surface area contributed by atoms with E-state index in [4.69, 9.17) is 4.74 Å². The van der Waals surface area contributed by atoms with E-state index in [1.165, 1.54) is 0 Å². The van der Waals surface area contributed by atoms with Gasteiger partial charge in [-0.1, -0.05) is 26.0 Å². The number of hydrogen-bond acceptors (Lipinski definition) is 3. The number of benzene rings is 1. The highest BCUT2D eigenvalue weighted by atomic mass is 79.9. The second-order valence-electron chi connectivity index (χ2n) is 4.65. The normalized spacial score (nSPS) is 12.0. The third-order valence-electron chi connectivity index (χ3n) is 2.33. The number of rotatable bonds is 8. The predicted octanol–water partition coefficient (Wildman–Crippen LogP) is 2.79. The number of halogens is 1. The van der Waals surface area contributed by atoms with Gasteiger partial charge in [-0.25, -0.2) is 13.1 Å². The van der Waals surface area contributed by atoms with Crippen LogP contribution in [0.4, 0.5) is 0 Å². The van der Waals surface area contributed by atoms with E-state index >= 15 is 0 Å². The molecule has 1 rings (SSSR count). The minimum Gasteiger partial charge on any atom is -0.381 e. The van der Waals surface area contributed by atoms with Crippen LogP contribution >= 0.6 is 15.9 Å². The molecular formula is C13H20BrNO3S. The molecular weight excluding hydrogens is 330 g/mol. The molecule has 4 nitrogen and oxygen atoms in total. The molecule has 1 N–H and O–H groups in total. The lowest BCUT2D eigenvalue weighted by molar-refractivity contribution is 0.108. The van der Waals surface area contributed by atoms with Crippen LogP contribution in [-0.4, -0.2) is 28.2 Å². The molecule has 0 heterocycles. The second-order valence-corrected chi connectivity index (χ2v) is 7.24. The fourth-order valence-electron chi connectivity index (χ4n) is 1.44. The molecule has 0 saturated heterocycles. The number of ether oxygens (including phenoxy) is 1. The molecule has 1 aromatic rings. The SMILES string of the molecule is CC(C)COCCCNS(=O)(=O)c1ccccc1Br. The Kier molecular flexibility index (Phi) is 6.99. The first-order valence-electron chi connectivity index (χ1n) is 6.25. The van der Waals surface area contributed by atoms with Gasteiger partial charge in [-0.15, -0.1) is 0 Å². The third kappa shape index (κ3) is 6.03. The van der Waals surface area contributed by atoms with Gasteiger partial charge in [-0.3, -0.25) is 0 Å². The lowest BCUT2D eigenvalue weighted by Crippen LogP contribution is -2.26. The molecule has 0 fully saturated rings. The summed E-state index contributed by atoms with van der Waals surface area (Å²) in [5.41, 5.74) is 0. The molecule has 0 aliphatic rings. The summed E-state index contributed by atoms with van der Waals surface area (Å²) in [4.78, 5) is 0.262. The summed E-state index contributed by atoms with van der Waals surface area (Å²) in [6.07, 6.45) is 0.663. The number of hydrogen-bond donors (Lipinski definition) is 1. The van der Waals surface area contributed by atoms with Crippen LogP contribution in [-0.2, 0) is 14.8 Å². The Labute approximate surface area is 123 Å². The molecule has 1 aromatic carbocycles. The van der Waals surface area contributed by atoms with Gasteiger partial charge in [0, 0.05) is 24.2 Å². The van der Waals surface area contributed by atoms with Crippen molar-refractivity contribution in [3.63, 3.8) is 0 Å². The first-order valence-corrected chi connectivity index (χ1v) is 8.53. The maximum absolute atomic E-state index is 12.0. The average Bonchev–Trinajstić information content (AvgIpc) is 2.33. The smallest absolute Gasteiger partial charge is 0.241 e. The van der Waals surface area contributed by atoms with Crippen molar-refractivity contribution in [1.29, 1.82) is 0 Å². The molecule has 0 amide bonds. The summed E-state index contributed by atoms with van der Waals surface area (Å²) in [6, 6.07) is 6.76. The van der Waals surface area contributed by atoms with Gasteiger partial charge in [-0.2, -0.15) is 0 Å². The Morgan fingerprint density at radius 2 is 2.00 bits per heavy atom. The lowest BCUT2D eigenvalue weighted by atomic mass is 10.2. The number of sulfonamides is 1. The van der Waals surface area contributed by atoms with Crippen LogP contribution in [0, 0.1) is 5.92 Å². The van der Waals surface area contributed by atoms with Gasteiger partial charge >= 0.3 is 0 Å². The van der Waals surface area contributed by atoms with Crippen molar-refractivity contribution < 1.29 is 13.2 Å². The van der Waals surface area contributed by atoms with E-state index in [9.17, 15) is 8.42 Å². The molecule has 108 valence electrons. The van der Waals surface area contributed by atoms with Crippen LogP contribution in [0.5, 0.6) is 0 Å². The van der Waals surface area contributed by atoms with Crippen molar-refractivity contribution in [2.45, 2.75) is 25.2 Å². The van der Waals surface area contributed by atoms with Crippen LogP contribution in [0.1, 0.15) is 20.3 Å². The van der Waals surface area contributed by atoms with Gasteiger partial charge in [0.2, 0.25) is 10.0 Å². The predicted molar refractivity (Wildman–Crippen MR) is 79.6 cm³/mol. The van der Waals surface area contributed by atoms with E-state index in [2.05, 4.69) is 34.5 Å². The highest BCUT2D eigenvalue weighted by molar-refractivity contribution is 9.10. The second kappa shape index (κ2) is 7.99. The topological polar surface area (TPSA) is 55.4 Å². The van der Waals surface area contributed by atoms with Gasteiger partial charge < -0.3 is 4.74 Å². The van der Waals surface area contributed by atoms with Gasteiger partial charge in [0.05, 0.1) is 4.90 Å². The maximum Gasteiger partial charge on any atom is 0.241 e. The van der Waals surface area contributed by atoms with E-state index in [1.54, 1.807) is 24.3 Å². The Hall–Kier alpha value is -0.430. The zero-order chi connectivity index (χ0) is 14.3. The zero-order valence-electron chi connectivity index (χ0n) is 11.2. The maximum atomic E-state index is 12.0. The Balaban J connectivity index is 2.38.